The van der Waals surface area contributed by atoms with Gasteiger partial charge >= 0.3 is 126 Å². The third-order valence-electron chi connectivity index (χ3n) is 3.51. The Balaban J connectivity index is 1.53. The predicted molar refractivity (Wildman–Crippen MR) is 83.3 cm³/mol. The first-order chi connectivity index (χ1) is 9.83. The Bertz CT molecular complexity index is 604. The second-order valence-corrected chi connectivity index (χ2v) is 7.27. The molecule has 0 N–H and O–H groups in total. The van der Waals surface area contributed by atoms with E-state index in [4.69, 9.17) is 0 Å². The van der Waals surface area contributed by atoms with Crippen LogP contribution >= 0.6 is 0 Å². The molecule has 1 fully saturated rings. The van der Waals surface area contributed by atoms with Gasteiger partial charge < -0.3 is 0 Å². The molecular weight excluding hydrogens is 311 g/mol. The number of rotatable bonds is 5. The first-order valence-electron chi connectivity index (χ1n) is 6.83. The van der Waals surface area contributed by atoms with Gasteiger partial charge in [0.2, 0.25) is 0 Å². The monoisotopic (exact) mass is 328 g/mol. The number of allylic oxidation sites excluding steroid dienone is 2. The molecule has 0 spiro atoms. The second kappa shape index (κ2) is 6.21. The number of carbonyl (C=O) groups is 1. The average Bonchev–Trinajstić information content (AvgIpc) is 3.27. The molecule has 0 amide bonds. The van der Waals surface area contributed by atoms with Crippen LogP contribution in [0.15, 0.2) is 72.8 Å². The van der Waals surface area contributed by atoms with Crippen molar-refractivity contribution < 1.29 is 4.79 Å². The van der Waals surface area contributed by atoms with E-state index in [1.54, 1.807) is 6.08 Å². The summed E-state index contributed by atoms with van der Waals surface area (Å²) in [7, 11) is 0. The summed E-state index contributed by atoms with van der Waals surface area (Å²) in [5.74, 6) is 1.16. The van der Waals surface area contributed by atoms with E-state index in [0.29, 0.717) is 11.8 Å². The molecule has 0 unspecified atom stereocenters. The average molecular weight is 327 g/mol. The van der Waals surface area contributed by atoms with Crippen molar-refractivity contribution >= 4 is 24.1 Å². The van der Waals surface area contributed by atoms with Gasteiger partial charge in [0.1, 0.15) is 0 Å². The fourth-order valence-corrected chi connectivity index (χ4v) is 3.76. The van der Waals surface area contributed by atoms with Crippen LogP contribution in [0, 0.1) is 5.92 Å². The van der Waals surface area contributed by atoms with E-state index in [-0.39, 0.29) is 19.6 Å². The topological polar surface area (TPSA) is 17.1 Å². The maximum atomic E-state index is 11.9. The molecule has 1 saturated carbocycles. The van der Waals surface area contributed by atoms with Gasteiger partial charge in [-0.15, -0.1) is 0 Å². The summed E-state index contributed by atoms with van der Waals surface area (Å²) < 4.78 is 1.40. The van der Waals surface area contributed by atoms with Crippen molar-refractivity contribution in [1.29, 1.82) is 0 Å². The Labute approximate surface area is 125 Å². The third kappa shape index (κ3) is 3.47. The maximum absolute atomic E-state index is 11.9. The van der Waals surface area contributed by atoms with E-state index in [0.717, 1.165) is 4.46 Å². The minimum atomic E-state index is -0.0884. The normalized spacial score (nSPS) is 21.0. The first-order valence-corrected chi connectivity index (χ1v) is 8.54. The molecule has 2 heteroatoms. The third-order valence-corrected chi connectivity index (χ3v) is 5.28. The molecule has 1 nitrogen and oxygen atoms in total. The van der Waals surface area contributed by atoms with Crippen LogP contribution in [0.2, 0.25) is 0 Å². The molecule has 2 aromatic carbocycles. The Morgan fingerprint density at radius 3 is 2.35 bits per heavy atom. The summed E-state index contributed by atoms with van der Waals surface area (Å²) in [6, 6.07) is 20.6. The first kappa shape index (κ1) is 13.4. The molecule has 20 heavy (non-hydrogen) atoms. The van der Waals surface area contributed by atoms with Crippen molar-refractivity contribution in [2.24, 2.45) is 5.92 Å². The molecule has 3 rings (SSSR count). The fraction of sp³-hybridized carbons (Fsp3) is 0.167. The number of benzene rings is 2. The van der Waals surface area contributed by atoms with Crippen molar-refractivity contribution in [2.75, 3.05) is 0 Å². The SMILES string of the molecule is O=C(/C=C/[C@@H]1C[C@H]1c1ccccc1)[Se]c1ccccc1. The molecule has 0 radical (unpaired) electrons. The fourth-order valence-electron chi connectivity index (χ4n) is 2.35. The van der Waals surface area contributed by atoms with Crippen LogP contribution in [0.3, 0.4) is 0 Å². The number of hydrogen-bond acceptors (Lipinski definition) is 1. The molecule has 0 bridgehead atoms. The second-order valence-electron chi connectivity index (χ2n) is 5.01. The van der Waals surface area contributed by atoms with Crippen LogP contribution in [0.1, 0.15) is 17.9 Å². The summed E-state index contributed by atoms with van der Waals surface area (Å²) in [4.78, 5) is 11.9. The summed E-state index contributed by atoms with van der Waals surface area (Å²) in [5, 5.41) is 0. The molecule has 2 aromatic rings. The predicted octanol–water partition coefficient (Wildman–Crippen LogP) is 2.90. The van der Waals surface area contributed by atoms with Crippen LogP contribution in [-0.2, 0) is 4.79 Å². The van der Waals surface area contributed by atoms with Crippen molar-refractivity contribution in [3.05, 3.63) is 78.4 Å². The zero-order chi connectivity index (χ0) is 13.8. The van der Waals surface area contributed by atoms with Gasteiger partial charge in [0.15, 0.2) is 0 Å². The molecule has 0 saturated heterocycles. The molecule has 1 aliphatic rings. The van der Waals surface area contributed by atoms with Gasteiger partial charge in [-0.05, 0) is 0 Å². The zero-order valence-corrected chi connectivity index (χ0v) is 12.8. The molecule has 0 aromatic heterocycles. The minimum absolute atomic E-state index is 0.0884. The molecule has 0 aliphatic heterocycles. The van der Waals surface area contributed by atoms with E-state index in [1.807, 2.05) is 36.4 Å². The van der Waals surface area contributed by atoms with Gasteiger partial charge in [-0.1, -0.05) is 0 Å². The van der Waals surface area contributed by atoms with Gasteiger partial charge in [-0.3, -0.25) is 0 Å². The Hall–Kier alpha value is -1.63. The summed E-state index contributed by atoms with van der Waals surface area (Å²) in [5.41, 5.74) is 1.39. The molecule has 0 heterocycles. The van der Waals surface area contributed by atoms with Gasteiger partial charge in [0, 0.05) is 0 Å². The number of hydrogen-bond donors (Lipinski definition) is 0. The van der Waals surface area contributed by atoms with E-state index >= 15 is 0 Å². The van der Waals surface area contributed by atoms with Crippen molar-refractivity contribution in [3.63, 3.8) is 0 Å². The Morgan fingerprint density at radius 2 is 1.65 bits per heavy atom. The van der Waals surface area contributed by atoms with Crippen LogP contribution < -0.4 is 4.46 Å². The molecular formula is C18H16OSe. The summed E-state index contributed by atoms with van der Waals surface area (Å²) in [6.07, 6.45) is 5.07. The van der Waals surface area contributed by atoms with E-state index < -0.39 is 0 Å². The van der Waals surface area contributed by atoms with E-state index in [1.165, 1.54) is 12.0 Å². The Morgan fingerprint density at radius 1 is 1.00 bits per heavy atom. The summed E-state index contributed by atoms with van der Waals surface area (Å²) in [6.45, 7) is 0. The standard InChI is InChI=1S/C18H16OSe/c19-18(20-16-9-5-2-6-10-16)12-11-15-13-17(15)14-7-3-1-4-8-14/h1-12,15,17H,13H2/b12-11+/t15-,17+/m1/s1. The van der Waals surface area contributed by atoms with E-state index in [9.17, 15) is 4.79 Å². The van der Waals surface area contributed by atoms with Crippen LogP contribution in [0.4, 0.5) is 0 Å². The zero-order valence-electron chi connectivity index (χ0n) is 11.1. The quantitative estimate of drug-likeness (QED) is 0.610. The molecule has 2 atom stereocenters. The van der Waals surface area contributed by atoms with E-state index in [2.05, 4.69) is 30.3 Å². The van der Waals surface area contributed by atoms with Crippen molar-refractivity contribution in [3.8, 4) is 0 Å². The van der Waals surface area contributed by atoms with Gasteiger partial charge in [0.05, 0.1) is 0 Å². The van der Waals surface area contributed by atoms with Crippen molar-refractivity contribution in [2.45, 2.75) is 12.3 Å². The molecule has 100 valence electrons. The van der Waals surface area contributed by atoms with Crippen molar-refractivity contribution in [1.82, 2.24) is 0 Å². The van der Waals surface area contributed by atoms with Gasteiger partial charge in [-0.2, -0.15) is 0 Å². The summed E-state index contributed by atoms with van der Waals surface area (Å²) >= 11 is -0.0884. The number of carbonyl (C=O) groups excluding carboxylic acids is 1. The van der Waals surface area contributed by atoms with Gasteiger partial charge in [0.25, 0.3) is 0 Å². The Kier molecular flexibility index (Phi) is 4.15. The van der Waals surface area contributed by atoms with Crippen LogP contribution in [0.25, 0.3) is 0 Å². The van der Waals surface area contributed by atoms with Crippen LogP contribution in [-0.4, -0.2) is 19.6 Å². The van der Waals surface area contributed by atoms with Crippen LogP contribution in [0.5, 0.6) is 0 Å². The molecule has 1 aliphatic carbocycles. The van der Waals surface area contributed by atoms with Gasteiger partial charge in [-0.25, -0.2) is 0 Å².